The number of allylic oxidation sites excluding steroid dienone is 1. The highest BCUT2D eigenvalue weighted by atomic mass is 16.4. The largest absolute Gasteiger partial charge is 0.481 e. The Kier molecular flexibility index (Phi) is 6.71. The number of aliphatic carboxylic acids is 1. The zero-order valence-corrected chi connectivity index (χ0v) is 17.4. The van der Waals surface area contributed by atoms with Crippen molar-refractivity contribution in [3.8, 4) is 0 Å². The molecular formula is C22H28N6O3. The molecule has 2 aromatic rings. The van der Waals surface area contributed by atoms with Crippen molar-refractivity contribution in [3.63, 3.8) is 0 Å². The molecule has 1 unspecified atom stereocenters. The molecule has 1 amide bonds. The maximum Gasteiger partial charge on any atom is 0.305 e. The van der Waals surface area contributed by atoms with Gasteiger partial charge < -0.3 is 20.3 Å². The molecule has 4 rings (SSSR count). The van der Waals surface area contributed by atoms with Crippen LogP contribution in [-0.2, 0) is 16.1 Å². The molecule has 0 spiro atoms. The molecular weight excluding hydrogens is 396 g/mol. The molecule has 9 nitrogen and oxygen atoms in total. The molecule has 2 aliphatic heterocycles. The fourth-order valence-corrected chi connectivity index (χ4v) is 4.31. The first-order valence-corrected chi connectivity index (χ1v) is 10.9. The Hall–Kier alpha value is -3.07. The van der Waals surface area contributed by atoms with E-state index in [9.17, 15) is 14.7 Å². The van der Waals surface area contributed by atoms with Gasteiger partial charge in [0.15, 0.2) is 5.82 Å². The normalized spacial score (nSPS) is 20.3. The molecule has 0 saturated carbocycles. The summed E-state index contributed by atoms with van der Waals surface area (Å²) in [5.74, 6) is 0.307. The highest BCUT2D eigenvalue weighted by Crippen LogP contribution is 2.29. The number of carboxylic acid groups (broad SMARTS) is 1. The van der Waals surface area contributed by atoms with Crippen molar-refractivity contribution in [3.05, 3.63) is 47.8 Å². The van der Waals surface area contributed by atoms with Crippen LogP contribution in [0.5, 0.6) is 0 Å². The van der Waals surface area contributed by atoms with Gasteiger partial charge in [0.25, 0.3) is 0 Å². The van der Waals surface area contributed by atoms with Gasteiger partial charge >= 0.3 is 5.97 Å². The van der Waals surface area contributed by atoms with Crippen LogP contribution in [0.25, 0.3) is 6.08 Å². The molecule has 0 radical (unpaired) electrons. The zero-order chi connectivity index (χ0) is 21.6. The Balaban J connectivity index is 1.49. The lowest BCUT2D eigenvalue weighted by molar-refractivity contribution is -0.137. The summed E-state index contributed by atoms with van der Waals surface area (Å²) < 4.78 is 2.02. The van der Waals surface area contributed by atoms with Crippen LogP contribution in [0, 0.1) is 5.92 Å². The Morgan fingerprint density at radius 3 is 2.87 bits per heavy atom. The third-order valence-corrected chi connectivity index (χ3v) is 5.99. The quantitative estimate of drug-likeness (QED) is 0.620. The van der Waals surface area contributed by atoms with Gasteiger partial charge in [-0.05, 0) is 62.4 Å². The minimum absolute atomic E-state index is 0.207. The minimum Gasteiger partial charge on any atom is -0.481 e. The molecule has 0 aromatic carbocycles. The van der Waals surface area contributed by atoms with Crippen molar-refractivity contribution >= 4 is 18.0 Å². The predicted molar refractivity (Wildman–Crippen MR) is 114 cm³/mol. The van der Waals surface area contributed by atoms with Crippen molar-refractivity contribution in [1.82, 2.24) is 30.4 Å². The molecule has 9 heteroatoms. The number of nitrogens with zero attached hydrogens (tertiary/aromatic N) is 4. The van der Waals surface area contributed by atoms with Gasteiger partial charge in [0.05, 0.1) is 18.4 Å². The first-order chi connectivity index (χ1) is 15.1. The average molecular weight is 425 g/mol. The van der Waals surface area contributed by atoms with Crippen LogP contribution in [0.2, 0.25) is 0 Å². The summed E-state index contributed by atoms with van der Waals surface area (Å²) in [5, 5.41) is 24.2. The van der Waals surface area contributed by atoms with E-state index in [0.29, 0.717) is 23.7 Å². The fourth-order valence-electron chi connectivity index (χ4n) is 4.31. The molecule has 31 heavy (non-hydrogen) atoms. The molecule has 0 bridgehead atoms. The monoisotopic (exact) mass is 424 g/mol. The van der Waals surface area contributed by atoms with Crippen LogP contribution >= 0.6 is 0 Å². The van der Waals surface area contributed by atoms with Crippen molar-refractivity contribution < 1.29 is 14.7 Å². The summed E-state index contributed by atoms with van der Waals surface area (Å²) in [6.07, 6.45) is 10.9. The fraction of sp³-hybridized carbons (Fsp3) is 0.500. The van der Waals surface area contributed by atoms with E-state index in [1.807, 2.05) is 10.6 Å². The lowest BCUT2D eigenvalue weighted by Crippen LogP contribution is -2.36. The second-order valence-corrected chi connectivity index (χ2v) is 8.15. The highest BCUT2D eigenvalue weighted by Gasteiger charge is 2.32. The Labute approximate surface area is 181 Å². The van der Waals surface area contributed by atoms with Gasteiger partial charge in [-0.25, -0.2) is 0 Å². The third kappa shape index (κ3) is 5.16. The summed E-state index contributed by atoms with van der Waals surface area (Å²) in [6, 6.07) is 2.86. The second kappa shape index (κ2) is 9.82. The number of hydrogen-bond donors (Lipinski definition) is 3. The van der Waals surface area contributed by atoms with Crippen molar-refractivity contribution in [2.75, 3.05) is 13.1 Å². The van der Waals surface area contributed by atoms with E-state index in [2.05, 4.69) is 31.9 Å². The molecule has 2 atom stereocenters. The Bertz CT molecular complexity index is 936. The number of hydrogen-bond acceptors (Lipinski definition) is 6. The third-order valence-electron chi connectivity index (χ3n) is 5.99. The van der Waals surface area contributed by atoms with E-state index < -0.39 is 17.9 Å². The molecule has 0 aliphatic carbocycles. The van der Waals surface area contributed by atoms with Gasteiger partial charge in [-0.15, -0.1) is 10.2 Å². The number of carbonyl (C=O) groups excluding carboxylic acids is 1. The standard InChI is InChI=1S/C22H28N6O3/c29-20(30)13-18(16-3-1-9-24-14-16)25-22(31)17-4-2-12-28-19(26-27-21(17)28)6-5-15-7-10-23-11-8-15/h1,3,5-6,9,14-15,17-18,23H,2,4,7-8,10-13H2,(H,25,31)(H,29,30)/b6-5+/t17?,18-/m0/s1. The maximum absolute atomic E-state index is 13.1. The predicted octanol–water partition coefficient (Wildman–Crippen LogP) is 1.90. The van der Waals surface area contributed by atoms with E-state index in [-0.39, 0.29) is 12.3 Å². The molecule has 1 saturated heterocycles. The first kappa shape index (κ1) is 21.2. The summed E-state index contributed by atoms with van der Waals surface area (Å²) in [7, 11) is 0. The molecule has 2 aromatic heterocycles. The Morgan fingerprint density at radius 1 is 1.29 bits per heavy atom. The minimum atomic E-state index is -0.980. The number of carboxylic acids is 1. The molecule has 3 N–H and O–H groups in total. The number of piperidine rings is 1. The van der Waals surface area contributed by atoms with E-state index in [4.69, 9.17) is 0 Å². The summed E-state index contributed by atoms with van der Waals surface area (Å²) in [5.41, 5.74) is 0.668. The van der Waals surface area contributed by atoms with Gasteiger partial charge in [-0.1, -0.05) is 12.1 Å². The summed E-state index contributed by atoms with van der Waals surface area (Å²) in [4.78, 5) is 28.5. The zero-order valence-electron chi connectivity index (χ0n) is 17.4. The highest BCUT2D eigenvalue weighted by molar-refractivity contribution is 5.84. The molecule has 164 valence electrons. The van der Waals surface area contributed by atoms with Crippen LogP contribution in [0.15, 0.2) is 30.6 Å². The number of carbonyl (C=O) groups is 2. The maximum atomic E-state index is 13.1. The summed E-state index contributed by atoms with van der Waals surface area (Å²) in [6.45, 7) is 2.84. The average Bonchev–Trinajstić information content (AvgIpc) is 3.21. The topological polar surface area (TPSA) is 122 Å². The van der Waals surface area contributed by atoms with Crippen LogP contribution in [0.4, 0.5) is 0 Å². The van der Waals surface area contributed by atoms with E-state index in [1.54, 1.807) is 24.5 Å². The second-order valence-electron chi connectivity index (χ2n) is 8.15. The van der Waals surface area contributed by atoms with Gasteiger partial charge in [0, 0.05) is 18.9 Å². The lowest BCUT2D eigenvalue weighted by Gasteiger charge is -2.25. The van der Waals surface area contributed by atoms with Crippen LogP contribution in [-0.4, -0.2) is 49.8 Å². The van der Waals surface area contributed by atoms with E-state index in [0.717, 1.165) is 44.7 Å². The van der Waals surface area contributed by atoms with Crippen molar-refractivity contribution in [2.45, 2.75) is 50.6 Å². The van der Waals surface area contributed by atoms with E-state index >= 15 is 0 Å². The number of nitrogens with one attached hydrogen (secondary N) is 2. The number of pyridine rings is 1. The number of rotatable bonds is 7. The number of aromatic nitrogens is 4. The van der Waals surface area contributed by atoms with Crippen LogP contribution in [0.1, 0.15) is 61.3 Å². The summed E-state index contributed by atoms with van der Waals surface area (Å²) >= 11 is 0. The van der Waals surface area contributed by atoms with Gasteiger partial charge in [-0.3, -0.25) is 14.6 Å². The molecule has 4 heterocycles. The first-order valence-electron chi connectivity index (χ1n) is 10.9. The van der Waals surface area contributed by atoms with E-state index in [1.165, 1.54) is 0 Å². The van der Waals surface area contributed by atoms with Crippen molar-refractivity contribution in [1.29, 1.82) is 0 Å². The lowest BCUT2D eigenvalue weighted by atomic mass is 9.96. The smallest absolute Gasteiger partial charge is 0.305 e. The van der Waals surface area contributed by atoms with Gasteiger partial charge in [0.1, 0.15) is 5.82 Å². The number of fused-ring (bicyclic) bond motifs is 1. The molecule has 1 fully saturated rings. The molecule has 2 aliphatic rings. The number of amides is 1. The van der Waals surface area contributed by atoms with Crippen molar-refractivity contribution in [2.24, 2.45) is 5.92 Å². The van der Waals surface area contributed by atoms with Gasteiger partial charge in [-0.2, -0.15) is 0 Å². The van der Waals surface area contributed by atoms with Crippen LogP contribution < -0.4 is 10.6 Å². The van der Waals surface area contributed by atoms with Crippen LogP contribution in [0.3, 0.4) is 0 Å². The SMILES string of the molecule is O=C(O)C[C@H](NC(=O)C1CCCn2c(/C=C/C3CCNCC3)nnc21)c1cccnc1. The van der Waals surface area contributed by atoms with Gasteiger partial charge in [0.2, 0.25) is 5.91 Å². The Morgan fingerprint density at radius 2 is 2.13 bits per heavy atom.